The Labute approximate surface area is 191 Å². The maximum atomic E-state index is 12.8. The maximum Gasteiger partial charge on any atom is 0.295 e. The van der Waals surface area contributed by atoms with Crippen molar-refractivity contribution in [3.05, 3.63) is 90.6 Å². The van der Waals surface area contributed by atoms with Gasteiger partial charge in [0.15, 0.2) is 0 Å². The fraction of sp³-hybridized carbons (Fsp3) is 0.120. The van der Waals surface area contributed by atoms with Gasteiger partial charge in [-0.25, -0.2) is 0 Å². The third kappa shape index (κ3) is 4.72. The zero-order valence-electron chi connectivity index (χ0n) is 17.7. The predicted molar refractivity (Wildman–Crippen MR) is 129 cm³/mol. The first-order chi connectivity index (χ1) is 16.1. The average Bonchev–Trinajstić information content (AvgIpc) is 3.47. The largest absolute Gasteiger partial charge is 0.492 e. The zero-order chi connectivity index (χ0) is 22.7. The van der Waals surface area contributed by atoms with Crippen LogP contribution in [0.1, 0.15) is 5.56 Å². The van der Waals surface area contributed by atoms with Gasteiger partial charge in [-0.05, 0) is 42.0 Å². The SMILES string of the molecule is O=S(=O)(Nc1cccc(CNCCOc2cccc3[nH]ccc23)c1)c1cc2ccccc2o1. The Hall–Kier alpha value is -3.75. The lowest BCUT2D eigenvalue weighted by Crippen LogP contribution is -2.20. The van der Waals surface area contributed by atoms with Crippen LogP contribution in [0.3, 0.4) is 0 Å². The number of aromatic amines is 1. The van der Waals surface area contributed by atoms with Gasteiger partial charge in [-0.1, -0.05) is 36.4 Å². The summed E-state index contributed by atoms with van der Waals surface area (Å²) >= 11 is 0. The van der Waals surface area contributed by atoms with Gasteiger partial charge in [-0.3, -0.25) is 4.72 Å². The molecule has 0 fully saturated rings. The molecule has 0 bridgehead atoms. The van der Waals surface area contributed by atoms with Crippen molar-refractivity contribution in [2.75, 3.05) is 17.9 Å². The number of hydrogen-bond acceptors (Lipinski definition) is 5. The van der Waals surface area contributed by atoms with Gasteiger partial charge in [0, 0.05) is 47.3 Å². The van der Waals surface area contributed by atoms with Gasteiger partial charge >= 0.3 is 0 Å². The van der Waals surface area contributed by atoms with Gasteiger partial charge in [-0.2, -0.15) is 8.42 Å². The molecule has 0 amide bonds. The molecule has 0 radical (unpaired) electrons. The maximum absolute atomic E-state index is 12.8. The van der Waals surface area contributed by atoms with Gasteiger partial charge in [0.05, 0.1) is 0 Å². The smallest absolute Gasteiger partial charge is 0.295 e. The van der Waals surface area contributed by atoms with Gasteiger partial charge in [0.1, 0.15) is 17.9 Å². The fourth-order valence-corrected chi connectivity index (χ4v) is 4.71. The lowest BCUT2D eigenvalue weighted by atomic mass is 10.2. The molecular weight excluding hydrogens is 438 g/mol. The van der Waals surface area contributed by atoms with Crippen LogP contribution in [-0.4, -0.2) is 26.6 Å². The van der Waals surface area contributed by atoms with Crippen molar-refractivity contribution in [3.8, 4) is 5.75 Å². The summed E-state index contributed by atoms with van der Waals surface area (Å²) in [6.45, 7) is 1.75. The van der Waals surface area contributed by atoms with Crippen LogP contribution in [-0.2, 0) is 16.6 Å². The van der Waals surface area contributed by atoms with Crippen molar-refractivity contribution in [1.82, 2.24) is 10.3 Å². The molecule has 5 aromatic rings. The first-order valence-electron chi connectivity index (χ1n) is 10.6. The quantitative estimate of drug-likeness (QED) is 0.272. The van der Waals surface area contributed by atoms with Crippen LogP contribution in [0, 0.1) is 0 Å². The molecule has 0 saturated heterocycles. The van der Waals surface area contributed by atoms with Crippen molar-refractivity contribution < 1.29 is 17.6 Å². The summed E-state index contributed by atoms with van der Waals surface area (Å²) in [5, 5.41) is 5.01. The molecule has 3 aromatic carbocycles. The van der Waals surface area contributed by atoms with Gasteiger partial charge in [-0.15, -0.1) is 0 Å². The number of nitrogens with one attached hydrogen (secondary N) is 3. The number of H-pyrrole nitrogens is 1. The van der Waals surface area contributed by atoms with Gasteiger partial charge in [0.25, 0.3) is 10.0 Å². The van der Waals surface area contributed by atoms with E-state index in [0.29, 0.717) is 31.0 Å². The monoisotopic (exact) mass is 461 g/mol. The number of hydrogen-bond donors (Lipinski definition) is 3. The lowest BCUT2D eigenvalue weighted by Gasteiger charge is -2.10. The molecule has 2 aromatic heterocycles. The number of benzene rings is 3. The van der Waals surface area contributed by atoms with E-state index in [1.165, 1.54) is 6.07 Å². The molecule has 0 aliphatic carbocycles. The van der Waals surface area contributed by atoms with Crippen LogP contribution in [0.15, 0.2) is 94.6 Å². The van der Waals surface area contributed by atoms with E-state index < -0.39 is 10.0 Å². The lowest BCUT2D eigenvalue weighted by molar-refractivity contribution is 0.317. The minimum absolute atomic E-state index is 0.109. The van der Waals surface area contributed by atoms with Crippen LogP contribution < -0.4 is 14.8 Å². The van der Waals surface area contributed by atoms with E-state index in [1.807, 2.05) is 54.7 Å². The molecule has 0 saturated carbocycles. The Kier molecular flexibility index (Phi) is 5.77. The minimum atomic E-state index is -3.82. The molecule has 8 heteroatoms. The second-order valence-corrected chi connectivity index (χ2v) is 9.24. The molecule has 0 unspecified atom stereocenters. The van der Waals surface area contributed by atoms with Crippen molar-refractivity contribution >= 4 is 37.6 Å². The highest BCUT2D eigenvalue weighted by atomic mass is 32.2. The number of ether oxygens (including phenoxy) is 1. The van der Waals surface area contributed by atoms with E-state index >= 15 is 0 Å². The summed E-state index contributed by atoms with van der Waals surface area (Å²) in [6, 6.07) is 23.9. The molecule has 2 heterocycles. The number of rotatable bonds is 9. The highest BCUT2D eigenvalue weighted by molar-refractivity contribution is 7.92. The molecular formula is C25H23N3O4S. The van der Waals surface area contributed by atoms with Gasteiger partial charge in [0.2, 0.25) is 5.09 Å². The standard InChI is InChI=1S/C25H23N3O4S/c29-33(30,25-16-19-6-1-2-9-23(19)32-25)28-20-7-3-5-18(15-20)17-26-13-14-31-24-10-4-8-22-21(24)11-12-27-22/h1-12,15-16,26-28H,13-14,17H2. The number of sulfonamides is 1. The van der Waals surface area contributed by atoms with Crippen LogP contribution in [0.4, 0.5) is 5.69 Å². The first kappa shape index (κ1) is 21.1. The summed E-state index contributed by atoms with van der Waals surface area (Å²) < 4.78 is 39.5. The predicted octanol–water partition coefficient (Wildman–Crippen LogP) is 4.88. The highest BCUT2D eigenvalue weighted by Gasteiger charge is 2.19. The summed E-state index contributed by atoms with van der Waals surface area (Å²) in [5.41, 5.74) is 3.01. The summed E-state index contributed by atoms with van der Waals surface area (Å²) in [4.78, 5) is 3.17. The van der Waals surface area contributed by atoms with Crippen LogP contribution in [0.25, 0.3) is 21.9 Å². The van der Waals surface area contributed by atoms with E-state index in [9.17, 15) is 8.42 Å². The van der Waals surface area contributed by atoms with Crippen molar-refractivity contribution in [1.29, 1.82) is 0 Å². The number of aromatic nitrogens is 1. The first-order valence-corrected chi connectivity index (χ1v) is 12.1. The zero-order valence-corrected chi connectivity index (χ0v) is 18.6. The van der Waals surface area contributed by atoms with E-state index in [1.54, 1.807) is 24.3 Å². The third-order valence-corrected chi connectivity index (χ3v) is 6.50. The Bertz CT molecular complexity index is 1470. The van der Waals surface area contributed by atoms with E-state index in [-0.39, 0.29) is 5.09 Å². The number of furan rings is 1. The Morgan fingerprint density at radius 2 is 1.82 bits per heavy atom. The van der Waals surface area contributed by atoms with E-state index in [2.05, 4.69) is 15.0 Å². The van der Waals surface area contributed by atoms with Crippen LogP contribution in [0.2, 0.25) is 0 Å². The molecule has 0 aliphatic rings. The Morgan fingerprint density at radius 1 is 0.939 bits per heavy atom. The molecule has 7 nitrogen and oxygen atoms in total. The van der Waals surface area contributed by atoms with Crippen LogP contribution in [0.5, 0.6) is 5.75 Å². The van der Waals surface area contributed by atoms with E-state index in [0.717, 1.165) is 27.6 Å². The van der Waals surface area contributed by atoms with Crippen molar-refractivity contribution in [2.45, 2.75) is 11.6 Å². The Balaban J connectivity index is 1.16. The molecule has 0 atom stereocenters. The summed E-state index contributed by atoms with van der Waals surface area (Å²) in [6.07, 6.45) is 1.89. The molecule has 3 N–H and O–H groups in total. The highest BCUT2D eigenvalue weighted by Crippen LogP contribution is 2.25. The third-order valence-electron chi connectivity index (χ3n) is 5.27. The average molecular weight is 462 g/mol. The van der Waals surface area contributed by atoms with Crippen molar-refractivity contribution in [3.63, 3.8) is 0 Å². The molecule has 33 heavy (non-hydrogen) atoms. The van der Waals surface area contributed by atoms with Crippen LogP contribution >= 0.6 is 0 Å². The van der Waals surface area contributed by atoms with Crippen molar-refractivity contribution in [2.24, 2.45) is 0 Å². The molecule has 5 rings (SSSR count). The number of anilines is 1. The second-order valence-electron chi connectivity index (χ2n) is 7.63. The number of para-hydroxylation sites is 1. The summed E-state index contributed by atoms with van der Waals surface area (Å²) in [5.74, 6) is 0.845. The number of fused-ring (bicyclic) bond motifs is 2. The van der Waals surface area contributed by atoms with Gasteiger partial charge < -0.3 is 19.5 Å². The fourth-order valence-electron chi connectivity index (χ4n) is 3.69. The van der Waals surface area contributed by atoms with E-state index in [4.69, 9.17) is 9.15 Å². The Morgan fingerprint density at radius 3 is 2.73 bits per heavy atom. The second kappa shape index (κ2) is 9.01. The molecule has 0 aliphatic heterocycles. The molecule has 0 spiro atoms. The minimum Gasteiger partial charge on any atom is -0.492 e. The normalized spacial score (nSPS) is 11.8. The summed E-state index contributed by atoms with van der Waals surface area (Å²) in [7, 11) is -3.82. The molecule has 168 valence electrons. The topological polar surface area (TPSA) is 96.4 Å².